The van der Waals surface area contributed by atoms with Gasteiger partial charge in [-0.05, 0) is 17.7 Å². The standard InChI is InChI=1S/C21H23F3N4O2/c22-21(23,24)16-8-4-5-9-17(16)26-19(29)14-28-11-10-27(13-18(28)20(25)30)12-15-6-2-1-3-7-15/h1-9,18H,10-14H2,(H2,25,30)(H,26,29)/t18-/m1/s1. The van der Waals surface area contributed by atoms with Gasteiger partial charge in [0.05, 0.1) is 17.8 Å². The SMILES string of the molecule is NC(=O)[C@H]1CN(Cc2ccccc2)CCN1CC(=O)Nc1ccccc1C(F)(F)F. The molecule has 0 unspecified atom stereocenters. The molecule has 1 aliphatic heterocycles. The lowest BCUT2D eigenvalue weighted by Crippen LogP contribution is -2.59. The van der Waals surface area contributed by atoms with Crippen LogP contribution in [-0.2, 0) is 22.3 Å². The van der Waals surface area contributed by atoms with Crippen molar-refractivity contribution < 1.29 is 22.8 Å². The number of piperazine rings is 1. The van der Waals surface area contributed by atoms with Crippen LogP contribution in [0.15, 0.2) is 54.6 Å². The maximum Gasteiger partial charge on any atom is 0.418 e. The van der Waals surface area contributed by atoms with Crippen molar-refractivity contribution in [2.24, 2.45) is 5.73 Å². The number of rotatable bonds is 6. The van der Waals surface area contributed by atoms with E-state index in [2.05, 4.69) is 10.2 Å². The molecule has 0 spiro atoms. The summed E-state index contributed by atoms with van der Waals surface area (Å²) in [4.78, 5) is 28.1. The van der Waals surface area contributed by atoms with Gasteiger partial charge >= 0.3 is 6.18 Å². The first kappa shape index (κ1) is 21.8. The zero-order valence-corrected chi connectivity index (χ0v) is 16.2. The van der Waals surface area contributed by atoms with Crippen LogP contribution >= 0.6 is 0 Å². The van der Waals surface area contributed by atoms with Crippen LogP contribution < -0.4 is 11.1 Å². The van der Waals surface area contributed by atoms with Gasteiger partial charge in [-0.25, -0.2) is 0 Å². The Morgan fingerprint density at radius 2 is 1.70 bits per heavy atom. The van der Waals surface area contributed by atoms with Gasteiger partial charge in [0.15, 0.2) is 0 Å². The fraction of sp³-hybridized carbons (Fsp3) is 0.333. The van der Waals surface area contributed by atoms with E-state index in [1.165, 1.54) is 18.2 Å². The van der Waals surface area contributed by atoms with Crippen LogP contribution in [-0.4, -0.2) is 53.8 Å². The molecule has 2 amide bonds. The highest BCUT2D eigenvalue weighted by molar-refractivity contribution is 5.93. The molecule has 2 aromatic rings. The number of carbonyl (C=O) groups excluding carboxylic acids is 2. The lowest BCUT2D eigenvalue weighted by Gasteiger charge is -2.39. The van der Waals surface area contributed by atoms with Crippen molar-refractivity contribution in [3.8, 4) is 0 Å². The smallest absolute Gasteiger partial charge is 0.368 e. The van der Waals surface area contributed by atoms with Crippen LogP contribution in [0, 0.1) is 0 Å². The normalized spacial score (nSPS) is 18.2. The summed E-state index contributed by atoms with van der Waals surface area (Å²) in [5.74, 6) is -1.20. The van der Waals surface area contributed by atoms with E-state index in [1.54, 1.807) is 4.90 Å². The summed E-state index contributed by atoms with van der Waals surface area (Å²) >= 11 is 0. The number of carbonyl (C=O) groups is 2. The average Bonchev–Trinajstić information content (AvgIpc) is 2.69. The van der Waals surface area contributed by atoms with Gasteiger partial charge in [-0.3, -0.25) is 19.4 Å². The number of nitrogens with zero attached hydrogens (tertiary/aromatic N) is 2. The minimum Gasteiger partial charge on any atom is -0.368 e. The summed E-state index contributed by atoms with van der Waals surface area (Å²) in [6, 6.07) is 13.8. The van der Waals surface area contributed by atoms with Crippen LogP contribution in [0.25, 0.3) is 0 Å². The first-order chi connectivity index (χ1) is 14.2. The fourth-order valence-corrected chi connectivity index (χ4v) is 3.53. The Bertz CT molecular complexity index is 889. The summed E-state index contributed by atoms with van der Waals surface area (Å²) in [5, 5.41) is 2.31. The van der Waals surface area contributed by atoms with E-state index in [0.29, 0.717) is 26.2 Å². The van der Waals surface area contributed by atoms with Crippen molar-refractivity contribution in [2.75, 3.05) is 31.5 Å². The van der Waals surface area contributed by atoms with E-state index >= 15 is 0 Å². The molecule has 3 N–H and O–H groups in total. The van der Waals surface area contributed by atoms with E-state index in [4.69, 9.17) is 5.73 Å². The number of amides is 2. The molecule has 1 heterocycles. The van der Waals surface area contributed by atoms with Crippen LogP contribution in [0.5, 0.6) is 0 Å². The van der Waals surface area contributed by atoms with Gasteiger partial charge in [0.2, 0.25) is 11.8 Å². The second kappa shape index (κ2) is 9.27. The Morgan fingerprint density at radius 1 is 1.03 bits per heavy atom. The molecule has 1 aliphatic rings. The number of anilines is 1. The number of primary amides is 1. The third-order valence-electron chi connectivity index (χ3n) is 5.01. The molecule has 6 nitrogen and oxygen atoms in total. The van der Waals surface area contributed by atoms with Gasteiger partial charge in [0.25, 0.3) is 0 Å². The molecule has 30 heavy (non-hydrogen) atoms. The maximum absolute atomic E-state index is 13.1. The summed E-state index contributed by atoms with van der Waals surface area (Å²) < 4.78 is 39.4. The summed E-state index contributed by atoms with van der Waals surface area (Å²) in [6.07, 6.45) is -4.58. The molecule has 3 rings (SSSR count). The van der Waals surface area contributed by atoms with E-state index in [-0.39, 0.29) is 12.2 Å². The first-order valence-electron chi connectivity index (χ1n) is 9.50. The van der Waals surface area contributed by atoms with Gasteiger partial charge in [0, 0.05) is 26.2 Å². The van der Waals surface area contributed by atoms with Gasteiger partial charge in [-0.1, -0.05) is 42.5 Å². The highest BCUT2D eigenvalue weighted by atomic mass is 19.4. The minimum atomic E-state index is -4.58. The Balaban J connectivity index is 1.63. The maximum atomic E-state index is 13.1. The van der Waals surface area contributed by atoms with Crippen LogP contribution in [0.1, 0.15) is 11.1 Å². The van der Waals surface area contributed by atoms with Crippen molar-refractivity contribution >= 4 is 17.5 Å². The van der Waals surface area contributed by atoms with E-state index in [1.807, 2.05) is 30.3 Å². The zero-order chi connectivity index (χ0) is 21.7. The predicted octanol–water partition coefficient (Wildman–Crippen LogP) is 2.32. The topological polar surface area (TPSA) is 78.7 Å². The molecule has 1 saturated heterocycles. The van der Waals surface area contributed by atoms with E-state index < -0.39 is 29.6 Å². The lowest BCUT2D eigenvalue weighted by atomic mass is 10.1. The second-order valence-electron chi connectivity index (χ2n) is 7.20. The van der Waals surface area contributed by atoms with Crippen LogP contribution in [0.2, 0.25) is 0 Å². The van der Waals surface area contributed by atoms with Gasteiger partial charge in [0.1, 0.15) is 6.04 Å². The fourth-order valence-electron chi connectivity index (χ4n) is 3.53. The molecule has 1 fully saturated rings. The van der Waals surface area contributed by atoms with Crippen LogP contribution in [0.3, 0.4) is 0 Å². The molecule has 2 aromatic carbocycles. The third kappa shape index (κ3) is 5.58. The monoisotopic (exact) mass is 420 g/mol. The van der Waals surface area contributed by atoms with Gasteiger partial charge in [-0.2, -0.15) is 13.2 Å². The van der Waals surface area contributed by atoms with E-state index in [9.17, 15) is 22.8 Å². The molecule has 9 heteroatoms. The molecular weight excluding hydrogens is 397 g/mol. The summed E-state index contributed by atoms with van der Waals surface area (Å²) in [5.41, 5.74) is 5.40. The molecule has 0 aromatic heterocycles. The lowest BCUT2D eigenvalue weighted by molar-refractivity contribution is -0.137. The van der Waals surface area contributed by atoms with Crippen molar-refractivity contribution in [3.05, 3.63) is 65.7 Å². The quantitative estimate of drug-likeness (QED) is 0.752. The molecule has 0 radical (unpaired) electrons. The van der Waals surface area contributed by atoms with Crippen molar-refractivity contribution in [2.45, 2.75) is 18.8 Å². The number of benzene rings is 2. The first-order valence-corrected chi connectivity index (χ1v) is 9.50. The largest absolute Gasteiger partial charge is 0.418 e. The molecule has 1 atom stereocenters. The Labute approximate surface area is 172 Å². The number of hydrogen-bond donors (Lipinski definition) is 2. The van der Waals surface area contributed by atoms with Gasteiger partial charge < -0.3 is 11.1 Å². The van der Waals surface area contributed by atoms with E-state index in [0.717, 1.165) is 11.6 Å². The minimum absolute atomic E-state index is 0.223. The summed E-state index contributed by atoms with van der Waals surface area (Å²) in [7, 11) is 0. The Hall–Kier alpha value is -2.91. The Morgan fingerprint density at radius 3 is 2.37 bits per heavy atom. The summed E-state index contributed by atoms with van der Waals surface area (Å²) in [6.45, 7) is 1.76. The molecular formula is C21H23F3N4O2. The third-order valence-corrected chi connectivity index (χ3v) is 5.01. The number of alkyl halides is 3. The highest BCUT2D eigenvalue weighted by Crippen LogP contribution is 2.34. The second-order valence-corrected chi connectivity index (χ2v) is 7.20. The molecule has 0 aliphatic carbocycles. The Kier molecular flexibility index (Phi) is 6.73. The predicted molar refractivity (Wildman–Crippen MR) is 106 cm³/mol. The molecule has 160 valence electrons. The average molecular weight is 420 g/mol. The number of nitrogens with one attached hydrogen (secondary N) is 1. The van der Waals surface area contributed by atoms with Crippen LogP contribution in [0.4, 0.5) is 18.9 Å². The van der Waals surface area contributed by atoms with Crippen molar-refractivity contribution in [1.82, 2.24) is 9.80 Å². The number of hydrogen-bond acceptors (Lipinski definition) is 4. The number of para-hydroxylation sites is 1. The van der Waals surface area contributed by atoms with Crippen molar-refractivity contribution in [3.63, 3.8) is 0 Å². The van der Waals surface area contributed by atoms with Crippen molar-refractivity contribution in [1.29, 1.82) is 0 Å². The van der Waals surface area contributed by atoms with Gasteiger partial charge in [-0.15, -0.1) is 0 Å². The number of nitrogens with two attached hydrogens (primary N) is 1. The highest BCUT2D eigenvalue weighted by Gasteiger charge is 2.35. The molecule has 0 bridgehead atoms. The zero-order valence-electron chi connectivity index (χ0n) is 16.2. The molecule has 0 saturated carbocycles. The number of halogens is 3.